The lowest BCUT2D eigenvalue weighted by Gasteiger charge is -2.38. The van der Waals surface area contributed by atoms with E-state index in [9.17, 15) is 0 Å². The molecule has 1 aromatic carbocycles. The average molecular weight is 230 g/mol. The van der Waals surface area contributed by atoms with E-state index in [1.165, 1.54) is 37.8 Å². The van der Waals surface area contributed by atoms with Crippen LogP contribution < -0.4 is 5.32 Å². The number of nitrogens with one attached hydrogen (secondary N) is 1. The molecule has 0 aromatic heterocycles. The van der Waals surface area contributed by atoms with E-state index in [0.29, 0.717) is 11.6 Å². The van der Waals surface area contributed by atoms with Crippen LogP contribution in [0.2, 0.25) is 0 Å². The van der Waals surface area contributed by atoms with Gasteiger partial charge in [0.05, 0.1) is 0 Å². The van der Waals surface area contributed by atoms with Crippen molar-refractivity contribution in [2.75, 3.05) is 20.1 Å². The fourth-order valence-corrected chi connectivity index (χ4v) is 3.23. The van der Waals surface area contributed by atoms with E-state index in [0.717, 1.165) is 6.54 Å². The van der Waals surface area contributed by atoms with Gasteiger partial charge in [0.2, 0.25) is 0 Å². The van der Waals surface area contributed by atoms with Crippen molar-refractivity contribution in [3.63, 3.8) is 0 Å². The Morgan fingerprint density at radius 1 is 1.24 bits per heavy atom. The van der Waals surface area contributed by atoms with Crippen LogP contribution in [0.4, 0.5) is 0 Å². The number of hydrogen-bond acceptors (Lipinski definition) is 2. The first kappa shape index (κ1) is 11.2. The number of hydrogen-bond donors (Lipinski definition) is 1. The summed E-state index contributed by atoms with van der Waals surface area (Å²) in [6, 6.07) is 11.7. The van der Waals surface area contributed by atoms with Crippen molar-refractivity contribution in [1.82, 2.24) is 10.2 Å². The standard InChI is InChI=1S/C15H22N2/c1-17(14-8-5-11-16-12-14)15(9-10-15)13-6-3-2-4-7-13/h2-4,6-7,14,16H,5,8-12H2,1H3. The van der Waals surface area contributed by atoms with Gasteiger partial charge < -0.3 is 5.32 Å². The average Bonchev–Trinajstić information content (AvgIpc) is 3.21. The second kappa shape index (κ2) is 4.43. The minimum Gasteiger partial charge on any atom is -0.315 e. The minimum absolute atomic E-state index is 0.352. The molecule has 1 unspecified atom stereocenters. The molecule has 0 radical (unpaired) electrons. The molecule has 1 aliphatic carbocycles. The van der Waals surface area contributed by atoms with Gasteiger partial charge in [-0.3, -0.25) is 4.90 Å². The number of piperidine rings is 1. The molecule has 92 valence electrons. The lowest BCUT2D eigenvalue weighted by Crippen LogP contribution is -2.48. The summed E-state index contributed by atoms with van der Waals surface area (Å²) in [6.45, 7) is 2.35. The molecule has 0 spiro atoms. The predicted molar refractivity (Wildman–Crippen MR) is 71.0 cm³/mol. The maximum Gasteiger partial charge on any atom is 0.0462 e. The molecule has 0 amide bonds. The molecule has 3 rings (SSSR count). The summed E-state index contributed by atoms with van der Waals surface area (Å²) in [4.78, 5) is 2.63. The smallest absolute Gasteiger partial charge is 0.0462 e. The van der Waals surface area contributed by atoms with Crippen molar-refractivity contribution in [3.8, 4) is 0 Å². The molecule has 1 saturated carbocycles. The minimum atomic E-state index is 0.352. The van der Waals surface area contributed by atoms with Crippen molar-refractivity contribution in [3.05, 3.63) is 35.9 Å². The Morgan fingerprint density at radius 3 is 2.59 bits per heavy atom. The monoisotopic (exact) mass is 230 g/mol. The third-order valence-corrected chi connectivity index (χ3v) is 4.53. The van der Waals surface area contributed by atoms with Crippen LogP contribution in [0.15, 0.2) is 30.3 Å². The highest BCUT2D eigenvalue weighted by molar-refractivity contribution is 5.30. The maximum absolute atomic E-state index is 3.53. The molecule has 2 fully saturated rings. The van der Waals surface area contributed by atoms with Crippen LogP contribution in [0.3, 0.4) is 0 Å². The number of likely N-dealkylation sites (N-methyl/N-ethyl adjacent to an activating group) is 1. The highest BCUT2D eigenvalue weighted by Gasteiger charge is 2.49. The Kier molecular flexibility index (Phi) is 2.93. The van der Waals surface area contributed by atoms with Gasteiger partial charge in [-0.05, 0) is 44.8 Å². The molecule has 1 heterocycles. The third kappa shape index (κ3) is 2.00. The van der Waals surface area contributed by atoms with Crippen LogP contribution in [0.1, 0.15) is 31.2 Å². The molecule has 1 atom stereocenters. The lowest BCUT2D eigenvalue weighted by atomic mass is 9.98. The fraction of sp³-hybridized carbons (Fsp3) is 0.600. The van der Waals surface area contributed by atoms with Crippen LogP contribution in [0.5, 0.6) is 0 Å². The molecule has 1 aromatic rings. The number of rotatable bonds is 3. The van der Waals surface area contributed by atoms with Gasteiger partial charge in [-0.25, -0.2) is 0 Å². The van der Waals surface area contributed by atoms with Gasteiger partial charge in [0, 0.05) is 18.1 Å². The second-order valence-electron chi connectivity index (χ2n) is 5.51. The van der Waals surface area contributed by atoms with E-state index in [2.05, 4.69) is 47.6 Å². The van der Waals surface area contributed by atoms with Crippen LogP contribution in [-0.4, -0.2) is 31.1 Å². The molecule has 2 aliphatic rings. The largest absolute Gasteiger partial charge is 0.315 e. The van der Waals surface area contributed by atoms with E-state index >= 15 is 0 Å². The summed E-state index contributed by atoms with van der Waals surface area (Å²) in [7, 11) is 2.32. The van der Waals surface area contributed by atoms with Gasteiger partial charge in [-0.2, -0.15) is 0 Å². The molecule has 1 saturated heterocycles. The van der Waals surface area contributed by atoms with Crippen molar-refractivity contribution in [1.29, 1.82) is 0 Å². The van der Waals surface area contributed by atoms with E-state index < -0.39 is 0 Å². The molecule has 1 N–H and O–H groups in total. The van der Waals surface area contributed by atoms with Crippen molar-refractivity contribution in [2.45, 2.75) is 37.3 Å². The Balaban J connectivity index is 1.78. The van der Waals surface area contributed by atoms with Crippen molar-refractivity contribution >= 4 is 0 Å². The summed E-state index contributed by atoms with van der Waals surface area (Å²) in [5, 5.41) is 3.53. The second-order valence-corrected chi connectivity index (χ2v) is 5.51. The van der Waals surface area contributed by atoms with Gasteiger partial charge in [0.15, 0.2) is 0 Å². The Labute approximate surface area is 104 Å². The molecular formula is C15H22N2. The van der Waals surface area contributed by atoms with Crippen LogP contribution in [0.25, 0.3) is 0 Å². The highest BCUT2D eigenvalue weighted by atomic mass is 15.2. The first-order valence-electron chi connectivity index (χ1n) is 6.82. The zero-order chi connectivity index (χ0) is 11.7. The first-order chi connectivity index (χ1) is 8.33. The maximum atomic E-state index is 3.53. The van der Waals surface area contributed by atoms with E-state index in [1.54, 1.807) is 0 Å². The van der Waals surface area contributed by atoms with Gasteiger partial charge in [0.1, 0.15) is 0 Å². The van der Waals surface area contributed by atoms with Gasteiger partial charge in [-0.1, -0.05) is 30.3 Å². The SMILES string of the molecule is CN(C1CCCNC1)C1(c2ccccc2)CC1. The summed E-state index contributed by atoms with van der Waals surface area (Å²) in [5.74, 6) is 0. The van der Waals surface area contributed by atoms with Gasteiger partial charge in [-0.15, -0.1) is 0 Å². The number of nitrogens with zero attached hydrogens (tertiary/aromatic N) is 1. The topological polar surface area (TPSA) is 15.3 Å². The van der Waals surface area contributed by atoms with Crippen LogP contribution in [0, 0.1) is 0 Å². The molecule has 2 nitrogen and oxygen atoms in total. The Hall–Kier alpha value is -0.860. The fourth-order valence-electron chi connectivity index (χ4n) is 3.23. The number of benzene rings is 1. The summed E-state index contributed by atoms with van der Waals surface area (Å²) in [5.41, 5.74) is 1.86. The first-order valence-corrected chi connectivity index (χ1v) is 6.82. The molecule has 1 aliphatic heterocycles. The predicted octanol–water partition coefficient (Wildman–Crippen LogP) is 2.36. The van der Waals surface area contributed by atoms with E-state index in [4.69, 9.17) is 0 Å². The molecule has 17 heavy (non-hydrogen) atoms. The van der Waals surface area contributed by atoms with Crippen molar-refractivity contribution < 1.29 is 0 Å². The zero-order valence-electron chi connectivity index (χ0n) is 10.7. The summed E-state index contributed by atoms with van der Waals surface area (Å²) < 4.78 is 0. The zero-order valence-corrected chi connectivity index (χ0v) is 10.7. The normalized spacial score (nSPS) is 27.1. The Bertz CT molecular complexity index is 364. The molecule has 2 heteroatoms. The van der Waals surface area contributed by atoms with Gasteiger partial charge >= 0.3 is 0 Å². The molecule has 0 bridgehead atoms. The van der Waals surface area contributed by atoms with Crippen LogP contribution in [-0.2, 0) is 5.54 Å². The van der Waals surface area contributed by atoms with Crippen LogP contribution >= 0.6 is 0 Å². The quantitative estimate of drug-likeness (QED) is 0.857. The van der Waals surface area contributed by atoms with E-state index in [-0.39, 0.29) is 0 Å². The lowest BCUT2D eigenvalue weighted by molar-refractivity contribution is 0.129. The molecular weight excluding hydrogens is 208 g/mol. The van der Waals surface area contributed by atoms with Crippen molar-refractivity contribution in [2.24, 2.45) is 0 Å². The van der Waals surface area contributed by atoms with E-state index in [1.807, 2.05) is 0 Å². The van der Waals surface area contributed by atoms with Gasteiger partial charge in [0.25, 0.3) is 0 Å². The third-order valence-electron chi connectivity index (χ3n) is 4.53. The Morgan fingerprint density at radius 2 is 2.00 bits per heavy atom. The summed E-state index contributed by atoms with van der Waals surface area (Å²) in [6.07, 6.45) is 5.31. The highest BCUT2D eigenvalue weighted by Crippen LogP contribution is 2.51. The summed E-state index contributed by atoms with van der Waals surface area (Å²) >= 11 is 0.